The second-order valence-corrected chi connectivity index (χ2v) is 4.66. The smallest absolute Gasteiger partial charge is 0.257 e. The number of piperidine rings is 1. The van der Waals surface area contributed by atoms with Crippen LogP contribution in [0, 0.1) is 13.8 Å². The monoisotopic (exact) mass is 250 g/mol. The minimum absolute atomic E-state index is 0.279. The van der Waals surface area contributed by atoms with E-state index in [1.54, 1.807) is 19.9 Å². The Morgan fingerprint density at radius 1 is 1.39 bits per heavy atom. The van der Waals surface area contributed by atoms with E-state index in [1.165, 1.54) is 4.90 Å². The van der Waals surface area contributed by atoms with Crippen LogP contribution in [-0.4, -0.2) is 29.4 Å². The molecular formula is C13H16NO4-. The molecule has 0 aliphatic carbocycles. The van der Waals surface area contributed by atoms with Gasteiger partial charge in [-0.3, -0.25) is 4.79 Å². The molecule has 18 heavy (non-hydrogen) atoms. The van der Waals surface area contributed by atoms with Gasteiger partial charge in [0.25, 0.3) is 5.91 Å². The lowest BCUT2D eigenvalue weighted by Gasteiger charge is -2.36. The Morgan fingerprint density at radius 2 is 2.11 bits per heavy atom. The summed E-state index contributed by atoms with van der Waals surface area (Å²) in [5.41, 5.74) is 0.445. The molecule has 0 unspecified atom stereocenters. The summed E-state index contributed by atoms with van der Waals surface area (Å²) in [6.45, 7) is 3.93. The first kappa shape index (κ1) is 12.7. The van der Waals surface area contributed by atoms with Gasteiger partial charge in [-0.15, -0.1) is 0 Å². The zero-order chi connectivity index (χ0) is 13.3. The van der Waals surface area contributed by atoms with E-state index in [0.717, 1.165) is 12.8 Å². The number of carbonyl (C=O) groups is 2. The zero-order valence-electron chi connectivity index (χ0n) is 10.6. The predicted octanol–water partition coefficient (Wildman–Crippen LogP) is 0.641. The van der Waals surface area contributed by atoms with Crippen LogP contribution in [0.15, 0.2) is 10.5 Å². The molecule has 0 saturated carbocycles. The van der Waals surface area contributed by atoms with E-state index < -0.39 is 12.0 Å². The number of carboxylic acid groups (broad SMARTS) is 1. The highest BCUT2D eigenvalue weighted by Crippen LogP contribution is 2.22. The summed E-state index contributed by atoms with van der Waals surface area (Å²) in [5, 5.41) is 11.1. The lowest BCUT2D eigenvalue weighted by atomic mass is 10.0. The Labute approximate surface area is 105 Å². The first-order valence-corrected chi connectivity index (χ1v) is 6.09. The molecule has 2 rings (SSSR count). The highest BCUT2D eigenvalue weighted by Gasteiger charge is 2.30. The van der Waals surface area contributed by atoms with Gasteiger partial charge in [-0.25, -0.2) is 0 Å². The number of carbonyl (C=O) groups excluding carboxylic acids is 2. The lowest BCUT2D eigenvalue weighted by molar-refractivity contribution is -0.311. The summed E-state index contributed by atoms with van der Waals surface area (Å²) < 4.78 is 5.31. The summed E-state index contributed by atoms with van der Waals surface area (Å²) in [6, 6.07) is 0.833. The van der Waals surface area contributed by atoms with E-state index in [9.17, 15) is 14.7 Å². The van der Waals surface area contributed by atoms with Crippen molar-refractivity contribution in [2.24, 2.45) is 0 Å². The Bertz CT molecular complexity index is 477. The molecule has 0 bridgehead atoms. The first-order valence-electron chi connectivity index (χ1n) is 6.09. The van der Waals surface area contributed by atoms with Gasteiger partial charge in [0.15, 0.2) is 0 Å². The molecule has 98 valence electrons. The quantitative estimate of drug-likeness (QED) is 0.772. The van der Waals surface area contributed by atoms with E-state index in [0.29, 0.717) is 30.0 Å². The number of rotatable bonds is 2. The van der Waals surface area contributed by atoms with Crippen molar-refractivity contribution in [3.8, 4) is 0 Å². The zero-order valence-corrected chi connectivity index (χ0v) is 10.6. The average molecular weight is 250 g/mol. The van der Waals surface area contributed by atoms with Gasteiger partial charge in [0.2, 0.25) is 0 Å². The normalized spacial score (nSPS) is 19.9. The van der Waals surface area contributed by atoms with Crippen LogP contribution in [0.5, 0.6) is 0 Å². The number of hydrogen-bond donors (Lipinski definition) is 0. The molecule has 1 saturated heterocycles. The third-order valence-electron chi connectivity index (χ3n) is 3.31. The van der Waals surface area contributed by atoms with Crippen LogP contribution in [0.25, 0.3) is 0 Å². The highest BCUT2D eigenvalue weighted by atomic mass is 16.4. The maximum absolute atomic E-state index is 12.3. The van der Waals surface area contributed by atoms with Gasteiger partial charge in [0.1, 0.15) is 11.5 Å². The van der Waals surface area contributed by atoms with E-state index in [-0.39, 0.29) is 5.91 Å². The number of aryl methyl sites for hydroxylation is 2. The van der Waals surface area contributed by atoms with Crippen molar-refractivity contribution in [2.75, 3.05) is 6.54 Å². The minimum atomic E-state index is -1.18. The van der Waals surface area contributed by atoms with E-state index >= 15 is 0 Å². The van der Waals surface area contributed by atoms with Crippen molar-refractivity contribution in [3.63, 3.8) is 0 Å². The summed E-state index contributed by atoms with van der Waals surface area (Å²) in [6.07, 6.45) is 2.10. The fraction of sp³-hybridized carbons (Fsp3) is 0.538. The molecular weight excluding hydrogens is 234 g/mol. The van der Waals surface area contributed by atoms with Gasteiger partial charge >= 0.3 is 0 Å². The van der Waals surface area contributed by atoms with Crippen LogP contribution in [0.4, 0.5) is 0 Å². The molecule has 0 N–H and O–H groups in total. The van der Waals surface area contributed by atoms with Crippen LogP contribution >= 0.6 is 0 Å². The van der Waals surface area contributed by atoms with Gasteiger partial charge in [-0.1, -0.05) is 0 Å². The maximum atomic E-state index is 12.3. The van der Waals surface area contributed by atoms with Crippen LogP contribution < -0.4 is 5.11 Å². The summed E-state index contributed by atoms with van der Waals surface area (Å²) in [7, 11) is 0. The summed E-state index contributed by atoms with van der Waals surface area (Å²) >= 11 is 0. The molecule has 5 nitrogen and oxygen atoms in total. The average Bonchev–Trinajstić information content (AvgIpc) is 2.67. The SMILES string of the molecule is Cc1cc(C(=O)N2CCCC[C@H]2C(=O)[O-])c(C)o1. The molecule has 1 aliphatic rings. The van der Waals surface area contributed by atoms with Crippen LogP contribution in [0.1, 0.15) is 41.1 Å². The largest absolute Gasteiger partial charge is 0.548 e. The van der Waals surface area contributed by atoms with E-state index in [2.05, 4.69) is 0 Å². The molecule has 2 heterocycles. The second kappa shape index (κ2) is 4.84. The van der Waals surface area contributed by atoms with Crippen molar-refractivity contribution in [2.45, 2.75) is 39.2 Å². The number of aliphatic carboxylic acids is 1. The standard InChI is InChI=1S/C13H17NO4/c1-8-7-10(9(2)18-8)12(15)14-6-4-3-5-11(14)13(16)17/h7,11H,3-6H2,1-2H3,(H,16,17)/p-1/t11-/m0/s1. The molecule has 1 amide bonds. The van der Waals surface area contributed by atoms with E-state index in [1.807, 2.05) is 0 Å². The number of carboxylic acids is 1. The Kier molecular flexibility index (Phi) is 3.41. The van der Waals surface area contributed by atoms with Crippen molar-refractivity contribution in [1.29, 1.82) is 0 Å². The van der Waals surface area contributed by atoms with Crippen molar-refractivity contribution in [1.82, 2.24) is 4.90 Å². The number of hydrogen-bond acceptors (Lipinski definition) is 4. The maximum Gasteiger partial charge on any atom is 0.257 e. The first-order chi connectivity index (χ1) is 8.50. The van der Waals surface area contributed by atoms with Crippen LogP contribution in [0.3, 0.4) is 0 Å². The van der Waals surface area contributed by atoms with Crippen LogP contribution in [-0.2, 0) is 4.79 Å². The van der Waals surface area contributed by atoms with Crippen LogP contribution in [0.2, 0.25) is 0 Å². The molecule has 1 aromatic heterocycles. The Morgan fingerprint density at radius 3 is 2.67 bits per heavy atom. The third kappa shape index (κ3) is 2.25. The van der Waals surface area contributed by atoms with Crippen molar-refractivity contribution in [3.05, 3.63) is 23.2 Å². The fourth-order valence-electron chi connectivity index (χ4n) is 2.42. The van der Waals surface area contributed by atoms with Crippen molar-refractivity contribution < 1.29 is 19.1 Å². The molecule has 1 fully saturated rings. The summed E-state index contributed by atoms with van der Waals surface area (Å²) in [4.78, 5) is 24.8. The number of nitrogens with zero attached hydrogens (tertiary/aromatic N) is 1. The lowest BCUT2D eigenvalue weighted by Crippen LogP contribution is -2.52. The van der Waals surface area contributed by atoms with Gasteiger partial charge in [0.05, 0.1) is 17.6 Å². The molecule has 0 radical (unpaired) electrons. The van der Waals surface area contributed by atoms with Gasteiger partial charge < -0.3 is 19.2 Å². The molecule has 1 aliphatic heterocycles. The number of amides is 1. The minimum Gasteiger partial charge on any atom is -0.548 e. The van der Waals surface area contributed by atoms with Gasteiger partial charge in [-0.2, -0.15) is 0 Å². The Balaban J connectivity index is 2.26. The molecule has 0 spiro atoms. The predicted molar refractivity (Wildman–Crippen MR) is 61.9 cm³/mol. The highest BCUT2D eigenvalue weighted by molar-refractivity contribution is 5.97. The molecule has 5 heteroatoms. The number of likely N-dealkylation sites (tertiary alicyclic amines) is 1. The Hall–Kier alpha value is -1.78. The molecule has 1 aromatic rings. The molecule has 1 atom stereocenters. The summed E-state index contributed by atoms with van der Waals surface area (Å²) in [5.74, 6) is -0.280. The fourth-order valence-corrected chi connectivity index (χ4v) is 2.42. The van der Waals surface area contributed by atoms with Gasteiger partial charge in [0, 0.05) is 6.54 Å². The van der Waals surface area contributed by atoms with Gasteiger partial charge in [-0.05, 0) is 39.2 Å². The topological polar surface area (TPSA) is 73.6 Å². The second-order valence-electron chi connectivity index (χ2n) is 4.66. The number of furan rings is 1. The van der Waals surface area contributed by atoms with Crippen molar-refractivity contribution >= 4 is 11.9 Å². The molecule has 0 aromatic carbocycles. The van der Waals surface area contributed by atoms with E-state index in [4.69, 9.17) is 4.42 Å². The third-order valence-corrected chi connectivity index (χ3v) is 3.31.